The van der Waals surface area contributed by atoms with Crippen LogP contribution in [0.4, 0.5) is 0 Å². The Morgan fingerprint density at radius 1 is 1.33 bits per heavy atom. The molecule has 0 spiro atoms. The van der Waals surface area contributed by atoms with E-state index in [9.17, 15) is 0 Å². The van der Waals surface area contributed by atoms with E-state index in [0.717, 1.165) is 12.0 Å². The summed E-state index contributed by atoms with van der Waals surface area (Å²) >= 11 is 0. The minimum Gasteiger partial charge on any atom is -0.508 e. The average Bonchev–Trinajstić information content (AvgIpc) is 2.50. The zero-order chi connectivity index (χ0) is 10.9. The van der Waals surface area contributed by atoms with Crippen LogP contribution in [0, 0.1) is 0 Å². The van der Waals surface area contributed by atoms with Gasteiger partial charge in [-0.3, -0.25) is 0 Å². The smallest absolute Gasteiger partial charge is 0.163 e. The van der Waals surface area contributed by atoms with Crippen LogP contribution in [0.15, 0.2) is 24.3 Å². The van der Waals surface area contributed by atoms with Gasteiger partial charge in [0.1, 0.15) is 5.75 Å². The normalized spacial score (nSPS) is 24.3. The molecule has 2 rings (SSSR count). The first-order valence-corrected chi connectivity index (χ1v) is 5.15. The van der Waals surface area contributed by atoms with E-state index in [-0.39, 0.29) is 6.10 Å². The quantitative estimate of drug-likeness (QED) is 0.808. The molecule has 0 saturated carbocycles. The van der Waals surface area contributed by atoms with Crippen LogP contribution in [0.2, 0.25) is 0 Å². The van der Waals surface area contributed by atoms with Crippen molar-refractivity contribution in [3.05, 3.63) is 29.8 Å². The summed E-state index contributed by atoms with van der Waals surface area (Å²) in [6.07, 6.45) is 0.938. The van der Waals surface area contributed by atoms with Crippen LogP contribution in [0.1, 0.15) is 19.4 Å². The predicted octanol–water partition coefficient (Wildman–Crippen LogP) is 2.09. The van der Waals surface area contributed by atoms with Crippen LogP contribution in [-0.2, 0) is 15.9 Å². The summed E-state index contributed by atoms with van der Waals surface area (Å²) in [5, 5.41) is 9.14. The number of hydrogen-bond donors (Lipinski definition) is 1. The molecule has 1 N–H and O–H groups in total. The highest BCUT2D eigenvalue weighted by Gasteiger charge is 2.32. The Morgan fingerprint density at radius 2 is 2.00 bits per heavy atom. The van der Waals surface area contributed by atoms with Crippen molar-refractivity contribution in [3.8, 4) is 5.75 Å². The van der Waals surface area contributed by atoms with Gasteiger partial charge >= 0.3 is 0 Å². The van der Waals surface area contributed by atoms with Gasteiger partial charge in [-0.15, -0.1) is 0 Å². The Bertz CT molecular complexity index is 329. The number of rotatable bonds is 2. The summed E-state index contributed by atoms with van der Waals surface area (Å²) < 4.78 is 11.2. The van der Waals surface area contributed by atoms with E-state index in [4.69, 9.17) is 14.6 Å². The second-order valence-corrected chi connectivity index (χ2v) is 4.32. The SMILES string of the molecule is CC1(C)OCC(Cc2ccc(O)cc2)O1. The van der Waals surface area contributed by atoms with Gasteiger partial charge in [-0.05, 0) is 31.5 Å². The zero-order valence-corrected chi connectivity index (χ0v) is 9.06. The topological polar surface area (TPSA) is 38.7 Å². The third-order valence-electron chi connectivity index (χ3n) is 2.47. The van der Waals surface area contributed by atoms with Gasteiger partial charge in [0.2, 0.25) is 0 Å². The first-order valence-electron chi connectivity index (χ1n) is 5.15. The fourth-order valence-electron chi connectivity index (χ4n) is 1.76. The third-order valence-corrected chi connectivity index (χ3v) is 2.47. The maximum atomic E-state index is 9.14. The van der Waals surface area contributed by atoms with Gasteiger partial charge in [0, 0.05) is 6.42 Å². The molecule has 1 aromatic carbocycles. The van der Waals surface area contributed by atoms with E-state index in [1.54, 1.807) is 12.1 Å². The molecular formula is C12H16O3. The molecular weight excluding hydrogens is 192 g/mol. The highest BCUT2D eigenvalue weighted by molar-refractivity contribution is 5.26. The number of hydrogen-bond acceptors (Lipinski definition) is 3. The minimum absolute atomic E-state index is 0.115. The van der Waals surface area contributed by atoms with Crippen molar-refractivity contribution in [2.75, 3.05) is 6.61 Å². The first kappa shape index (κ1) is 10.5. The van der Waals surface area contributed by atoms with Crippen LogP contribution in [0.3, 0.4) is 0 Å². The Balaban J connectivity index is 1.96. The molecule has 3 heteroatoms. The molecule has 15 heavy (non-hydrogen) atoms. The van der Waals surface area contributed by atoms with E-state index >= 15 is 0 Å². The van der Waals surface area contributed by atoms with Gasteiger partial charge in [0.15, 0.2) is 5.79 Å². The highest BCUT2D eigenvalue weighted by Crippen LogP contribution is 2.24. The van der Waals surface area contributed by atoms with E-state index in [1.807, 2.05) is 26.0 Å². The summed E-state index contributed by atoms with van der Waals surface area (Å²) in [7, 11) is 0. The van der Waals surface area contributed by atoms with Gasteiger partial charge in [0.25, 0.3) is 0 Å². The highest BCUT2D eigenvalue weighted by atomic mass is 16.7. The van der Waals surface area contributed by atoms with Crippen molar-refractivity contribution < 1.29 is 14.6 Å². The summed E-state index contributed by atoms with van der Waals surface area (Å²) in [5.41, 5.74) is 1.15. The molecule has 1 heterocycles. The number of phenolic OH excluding ortho intramolecular Hbond substituents is 1. The van der Waals surface area contributed by atoms with Crippen molar-refractivity contribution in [1.29, 1.82) is 0 Å². The molecule has 1 atom stereocenters. The fourth-order valence-corrected chi connectivity index (χ4v) is 1.76. The van der Waals surface area contributed by atoms with E-state index in [0.29, 0.717) is 12.4 Å². The summed E-state index contributed by atoms with van der Waals surface area (Å²) in [6, 6.07) is 7.20. The zero-order valence-electron chi connectivity index (χ0n) is 9.06. The maximum Gasteiger partial charge on any atom is 0.163 e. The largest absolute Gasteiger partial charge is 0.508 e. The number of phenols is 1. The van der Waals surface area contributed by atoms with E-state index < -0.39 is 5.79 Å². The lowest BCUT2D eigenvalue weighted by Crippen LogP contribution is -2.22. The second-order valence-electron chi connectivity index (χ2n) is 4.32. The van der Waals surface area contributed by atoms with Crippen molar-refractivity contribution in [3.63, 3.8) is 0 Å². The van der Waals surface area contributed by atoms with Crippen LogP contribution >= 0.6 is 0 Å². The standard InChI is InChI=1S/C12H16O3/c1-12(2)14-8-11(15-12)7-9-3-5-10(13)6-4-9/h3-6,11,13H,7-8H2,1-2H3. The fraction of sp³-hybridized carbons (Fsp3) is 0.500. The molecule has 1 aromatic rings. The first-order chi connectivity index (χ1) is 7.05. The lowest BCUT2D eigenvalue weighted by molar-refractivity contribution is -0.138. The van der Waals surface area contributed by atoms with Crippen LogP contribution in [-0.4, -0.2) is 23.6 Å². The van der Waals surface area contributed by atoms with Crippen molar-refractivity contribution in [1.82, 2.24) is 0 Å². The molecule has 1 saturated heterocycles. The third kappa shape index (κ3) is 2.70. The molecule has 1 unspecified atom stereocenters. The maximum absolute atomic E-state index is 9.14. The van der Waals surface area contributed by atoms with E-state index in [1.165, 1.54) is 0 Å². The molecule has 1 aliphatic rings. The van der Waals surface area contributed by atoms with Gasteiger partial charge in [-0.2, -0.15) is 0 Å². The molecule has 82 valence electrons. The molecule has 0 aromatic heterocycles. The minimum atomic E-state index is -0.457. The van der Waals surface area contributed by atoms with Gasteiger partial charge in [0.05, 0.1) is 12.7 Å². The Hall–Kier alpha value is -1.06. The lowest BCUT2D eigenvalue weighted by Gasteiger charge is -2.17. The molecule has 0 radical (unpaired) electrons. The Labute approximate surface area is 89.6 Å². The van der Waals surface area contributed by atoms with Crippen LogP contribution < -0.4 is 0 Å². The Morgan fingerprint density at radius 3 is 2.53 bits per heavy atom. The summed E-state index contributed by atoms with van der Waals surface area (Å²) in [4.78, 5) is 0. The molecule has 0 bridgehead atoms. The van der Waals surface area contributed by atoms with E-state index in [2.05, 4.69) is 0 Å². The van der Waals surface area contributed by atoms with Crippen molar-refractivity contribution in [2.45, 2.75) is 32.2 Å². The molecule has 1 aliphatic heterocycles. The predicted molar refractivity (Wildman–Crippen MR) is 56.7 cm³/mol. The molecule has 0 amide bonds. The second kappa shape index (κ2) is 3.83. The van der Waals surface area contributed by atoms with Gasteiger partial charge in [-0.1, -0.05) is 12.1 Å². The molecule has 0 aliphatic carbocycles. The number of benzene rings is 1. The molecule has 3 nitrogen and oxygen atoms in total. The van der Waals surface area contributed by atoms with Crippen LogP contribution in [0.5, 0.6) is 5.75 Å². The van der Waals surface area contributed by atoms with Gasteiger partial charge in [-0.25, -0.2) is 0 Å². The summed E-state index contributed by atoms with van der Waals surface area (Å²) in [5.74, 6) is -0.163. The van der Waals surface area contributed by atoms with Crippen molar-refractivity contribution >= 4 is 0 Å². The summed E-state index contributed by atoms with van der Waals surface area (Å²) in [6.45, 7) is 4.47. The Kier molecular flexibility index (Phi) is 2.67. The number of aromatic hydroxyl groups is 1. The average molecular weight is 208 g/mol. The lowest BCUT2D eigenvalue weighted by atomic mass is 10.1. The molecule has 1 fully saturated rings. The van der Waals surface area contributed by atoms with Gasteiger partial charge < -0.3 is 14.6 Å². The number of ether oxygens (including phenoxy) is 2. The van der Waals surface area contributed by atoms with Crippen molar-refractivity contribution in [2.24, 2.45) is 0 Å². The van der Waals surface area contributed by atoms with Crippen LogP contribution in [0.25, 0.3) is 0 Å². The monoisotopic (exact) mass is 208 g/mol.